The van der Waals surface area contributed by atoms with Crippen molar-refractivity contribution in [2.75, 3.05) is 7.05 Å². The average molecular weight is 185 g/mol. The number of ether oxygens (including phenoxy) is 1. The van der Waals surface area contributed by atoms with E-state index < -0.39 is 0 Å². The number of nitrogens with one attached hydrogen (secondary N) is 1. The first-order valence-electron chi connectivity index (χ1n) is 5.36. The first-order chi connectivity index (χ1) is 6.01. The first-order valence-corrected chi connectivity index (χ1v) is 5.36. The Balaban J connectivity index is 2.34. The molecule has 0 aromatic heterocycles. The van der Waals surface area contributed by atoms with E-state index in [1.807, 2.05) is 7.05 Å². The van der Waals surface area contributed by atoms with Crippen LogP contribution in [-0.2, 0) is 4.74 Å². The highest BCUT2D eigenvalue weighted by atomic mass is 16.5. The Morgan fingerprint density at radius 2 is 1.92 bits per heavy atom. The molecular formula is C11H23NO. The molecule has 0 bridgehead atoms. The largest absolute Gasteiger partial charge is 0.373 e. The lowest BCUT2D eigenvalue weighted by Gasteiger charge is -2.33. The van der Waals surface area contributed by atoms with E-state index >= 15 is 0 Å². The van der Waals surface area contributed by atoms with E-state index in [0.717, 1.165) is 0 Å². The second-order valence-electron chi connectivity index (χ2n) is 5.00. The fourth-order valence-electron chi connectivity index (χ4n) is 2.01. The summed E-state index contributed by atoms with van der Waals surface area (Å²) in [6.45, 7) is 6.40. The van der Waals surface area contributed by atoms with E-state index in [9.17, 15) is 0 Å². The third kappa shape index (κ3) is 4.10. The van der Waals surface area contributed by atoms with Crippen LogP contribution < -0.4 is 5.32 Å². The van der Waals surface area contributed by atoms with Gasteiger partial charge in [0.05, 0.1) is 11.7 Å². The normalized spacial score (nSPS) is 30.5. The molecular weight excluding hydrogens is 162 g/mol. The summed E-state index contributed by atoms with van der Waals surface area (Å²) in [5.74, 6) is 0. The van der Waals surface area contributed by atoms with Crippen LogP contribution in [0.25, 0.3) is 0 Å². The van der Waals surface area contributed by atoms with Gasteiger partial charge in [-0.05, 0) is 53.5 Å². The van der Waals surface area contributed by atoms with Crippen LogP contribution in [0, 0.1) is 0 Å². The summed E-state index contributed by atoms with van der Waals surface area (Å²) in [4.78, 5) is 0. The molecule has 13 heavy (non-hydrogen) atoms. The van der Waals surface area contributed by atoms with Gasteiger partial charge in [0.1, 0.15) is 0 Å². The van der Waals surface area contributed by atoms with Gasteiger partial charge in [0, 0.05) is 6.04 Å². The molecule has 0 saturated heterocycles. The third-order valence-electron chi connectivity index (χ3n) is 2.55. The number of hydrogen-bond donors (Lipinski definition) is 1. The van der Waals surface area contributed by atoms with Crippen LogP contribution in [0.4, 0.5) is 0 Å². The maximum Gasteiger partial charge on any atom is 0.0602 e. The molecule has 78 valence electrons. The fraction of sp³-hybridized carbons (Fsp3) is 1.00. The molecule has 0 aliphatic heterocycles. The van der Waals surface area contributed by atoms with E-state index in [0.29, 0.717) is 12.1 Å². The summed E-state index contributed by atoms with van der Waals surface area (Å²) in [5, 5.41) is 3.34. The SMILES string of the molecule is CNC1CCCC(OC(C)(C)C)C1. The highest BCUT2D eigenvalue weighted by Crippen LogP contribution is 2.24. The number of hydrogen-bond acceptors (Lipinski definition) is 2. The molecule has 1 fully saturated rings. The average Bonchev–Trinajstić information content (AvgIpc) is 2.01. The molecule has 0 amide bonds. The monoisotopic (exact) mass is 185 g/mol. The van der Waals surface area contributed by atoms with Crippen molar-refractivity contribution in [3.8, 4) is 0 Å². The molecule has 0 heterocycles. The van der Waals surface area contributed by atoms with Crippen LogP contribution in [0.5, 0.6) is 0 Å². The molecule has 2 atom stereocenters. The molecule has 2 nitrogen and oxygen atoms in total. The molecule has 1 N–H and O–H groups in total. The van der Waals surface area contributed by atoms with E-state index in [4.69, 9.17) is 4.74 Å². The van der Waals surface area contributed by atoms with Gasteiger partial charge in [-0.15, -0.1) is 0 Å². The Labute approximate surface area is 82.0 Å². The van der Waals surface area contributed by atoms with Gasteiger partial charge in [0.25, 0.3) is 0 Å². The topological polar surface area (TPSA) is 21.3 Å². The van der Waals surface area contributed by atoms with Gasteiger partial charge < -0.3 is 10.1 Å². The molecule has 0 radical (unpaired) electrons. The van der Waals surface area contributed by atoms with Crippen molar-refractivity contribution in [1.82, 2.24) is 5.32 Å². The maximum atomic E-state index is 5.97. The summed E-state index contributed by atoms with van der Waals surface area (Å²) < 4.78 is 5.97. The van der Waals surface area contributed by atoms with Gasteiger partial charge in [-0.3, -0.25) is 0 Å². The molecule has 1 aliphatic carbocycles. The van der Waals surface area contributed by atoms with Gasteiger partial charge in [0.15, 0.2) is 0 Å². The molecule has 1 rings (SSSR count). The molecule has 1 aliphatic rings. The highest BCUT2D eigenvalue weighted by Gasteiger charge is 2.25. The van der Waals surface area contributed by atoms with Gasteiger partial charge in [-0.1, -0.05) is 0 Å². The zero-order valence-corrected chi connectivity index (χ0v) is 9.39. The van der Waals surface area contributed by atoms with E-state index in [1.165, 1.54) is 25.7 Å². The van der Waals surface area contributed by atoms with E-state index in [-0.39, 0.29) is 5.60 Å². The molecule has 1 saturated carbocycles. The minimum Gasteiger partial charge on any atom is -0.373 e. The minimum absolute atomic E-state index is 0.0142. The molecule has 2 heteroatoms. The predicted molar refractivity (Wildman–Crippen MR) is 55.9 cm³/mol. The molecule has 0 aromatic rings. The van der Waals surface area contributed by atoms with Crippen LogP contribution in [0.2, 0.25) is 0 Å². The summed E-state index contributed by atoms with van der Waals surface area (Å²) in [5.41, 5.74) is 0.0142. The van der Waals surface area contributed by atoms with Crippen LogP contribution in [0.1, 0.15) is 46.5 Å². The fourth-order valence-corrected chi connectivity index (χ4v) is 2.01. The van der Waals surface area contributed by atoms with Crippen molar-refractivity contribution < 1.29 is 4.74 Å². The van der Waals surface area contributed by atoms with Crippen LogP contribution >= 0.6 is 0 Å². The lowest BCUT2D eigenvalue weighted by molar-refractivity contribution is -0.0772. The van der Waals surface area contributed by atoms with Crippen molar-refractivity contribution in [3.63, 3.8) is 0 Å². The Kier molecular flexibility index (Phi) is 3.74. The Bertz CT molecular complexity index is 151. The van der Waals surface area contributed by atoms with Gasteiger partial charge in [0.2, 0.25) is 0 Å². The smallest absolute Gasteiger partial charge is 0.0602 e. The highest BCUT2D eigenvalue weighted by molar-refractivity contribution is 4.79. The Morgan fingerprint density at radius 1 is 1.23 bits per heavy atom. The minimum atomic E-state index is 0.0142. The van der Waals surface area contributed by atoms with Gasteiger partial charge >= 0.3 is 0 Å². The van der Waals surface area contributed by atoms with E-state index in [2.05, 4.69) is 26.1 Å². The first kappa shape index (κ1) is 11.0. The quantitative estimate of drug-likeness (QED) is 0.713. The zero-order chi connectivity index (χ0) is 9.90. The van der Waals surface area contributed by atoms with Crippen LogP contribution in [-0.4, -0.2) is 24.8 Å². The zero-order valence-electron chi connectivity index (χ0n) is 9.39. The maximum absolute atomic E-state index is 5.97. The predicted octanol–water partition coefficient (Wildman–Crippen LogP) is 2.33. The summed E-state index contributed by atoms with van der Waals surface area (Å²) in [7, 11) is 2.05. The Hall–Kier alpha value is -0.0800. The van der Waals surface area contributed by atoms with Crippen molar-refractivity contribution in [2.24, 2.45) is 0 Å². The van der Waals surface area contributed by atoms with Crippen LogP contribution in [0.15, 0.2) is 0 Å². The van der Waals surface area contributed by atoms with Gasteiger partial charge in [-0.2, -0.15) is 0 Å². The molecule has 2 unspecified atom stereocenters. The van der Waals surface area contributed by atoms with E-state index in [1.54, 1.807) is 0 Å². The van der Waals surface area contributed by atoms with Crippen molar-refractivity contribution in [3.05, 3.63) is 0 Å². The second-order valence-corrected chi connectivity index (χ2v) is 5.00. The second kappa shape index (κ2) is 4.43. The summed E-state index contributed by atoms with van der Waals surface area (Å²) in [6, 6.07) is 0.668. The number of rotatable bonds is 2. The van der Waals surface area contributed by atoms with Gasteiger partial charge in [-0.25, -0.2) is 0 Å². The molecule has 0 spiro atoms. The third-order valence-corrected chi connectivity index (χ3v) is 2.55. The lowest BCUT2D eigenvalue weighted by atomic mass is 9.92. The lowest BCUT2D eigenvalue weighted by Crippen LogP contribution is -2.38. The standard InChI is InChI=1S/C11H23NO/c1-11(2,3)13-10-7-5-6-9(8-10)12-4/h9-10,12H,5-8H2,1-4H3. The summed E-state index contributed by atoms with van der Waals surface area (Å²) >= 11 is 0. The van der Waals surface area contributed by atoms with Crippen LogP contribution in [0.3, 0.4) is 0 Å². The molecule has 0 aromatic carbocycles. The van der Waals surface area contributed by atoms with Crippen molar-refractivity contribution in [1.29, 1.82) is 0 Å². The van der Waals surface area contributed by atoms with Crippen molar-refractivity contribution in [2.45, 2.75) is 64.2 Å². The Morgan fingerprint density at radius 3 is 2.46 bits per heavy atom. The summed E-state index contributed by atoms with van der Waals surface area (Å²) in [6.07, 6.45) is 5.47. The van der Waals surface area contributed by atoms with Crippen molar-refractivity contribution >= 4 is 0 Å².